The summed E-state index contributed by atoms with van der Waals surface area (Å²) in [7, 11) is -2.01. The lowest BCUT2D eigenvalue weighted by Gasteiger charge is -2.35. The predicted octanol–water partition coefficient (Wildman–Crippen LogP) is 6.80. The van der Waals surface area contributed by atoms with E-state index in [0.29, 0.717) is 6.61 Å². The van der Waals surface area contributed by atoms with Crippen molar-refractivity contribution in [1.29, 1.82) is 0 Å². The molecule has 0 fully saturated rings. The summed E-state index contributed by atoms with van der Waals surface area (Å²) in [6.07, 6.45) is 4.08. The number of hydrogen-bond donors (Lipinski definition) is 0. The highest BCUT2D eigenvalue weighted by molar-refractivity contribution is 6.73. The van der Waals surface area contributed by atoms with Crippen LogP contribution in [0.5, 0.6) is 0 Å². The first-order valence-electron chi connectivity index (χ1n) is 10.8. The van der Waals surface area contributed by atoms with Gasteiger partial charge in [0.1, 0.15) is 0 Å². The van der Waals surface area contributed by atoms with E-state index in [1.54, 1.807) is 0 Å². The number of carbonyl (C=O) groups is 1. The minimum absolute atomic E-state index is 0.231. The van der Waals surface area contributed by atoms with Crippen molar-refractivity contribution in [2.45, 2.75) is 98.4 Å². The minimum Gasteiger partial charge on any atom is -0.464 e. The van der Waals surface area contributed by atoms with Gasteiger partial charge in [-0.3, -0.25) is 0 Å². The molecule has 0 aliphatic heterocycles. The molecule has 4 heteroatoms. The molecule has 0 N–H and O–H groups in total. The molecule has 0 bridgehead atoms. The quantitative estimate of drug-likeness (QED) is 0.290. The van der Waals surface area contributed by atoms with E-state index < -0.39 is 14.4 Å². The van der Waals surface area contributed by atoms with Gasteiger partial charge in [-0.2, -0.15) is 0 Å². The first kappa shape index (κ1) is 23.9. The zero-order chi connectivity index (χ0) is 20.4. The van der Waals surface area contributed by atoms with Crippen molar-refractivity contribution >= 4 is 14.3 Å². The second-order valence-electron chi connectivity index (χ2n) is 7.81. The van der Waals surface area contributed by atoms with Crippen LogP contribution >= 0.6 is 0 Å². The summed E-state index contributed by atoms with van der Waals surface area (Å²) >= 11 is 0. The highest BCUT2D eigenvalue weighted by Crippen LogP contribution is 2.36. The van der Waals surface area contributed by atoms with Gasteiger partial charge < -0.3 is 9.16 Å². The molecule has 154 valence electrons. The molecule has 3 nitrogen and oxygen atoms in total. The molecule has 1 aromatic rings. The Balaban J connectivity index is 3.35. The first-order chi connectivity index (χ1) is 12.8. The minimum atomic E-state index is -2.01. The largest absolute Gasteiger partial charge is 0.464 e. The average molecular weight is 393 g/mol. The molecule has 1 unspecified atom stereocenters. The molecule has 0 aliphatic carbocycles. The van der Waals surface area contributed by atoms with Crippen molar-refractivity contribution < 1.29 is 14.0 Å². The van der Waals surface area contributed by atoms with Crippen LogP contribution in [0.4, 0.5) is 0 Å². The summed E-state index contributed by atoms with van der Waals surface area (Å²) in [5.74, 6) is -0.231. The molecule has 0 heterocycles. The number of carbonyl (C=O) groups excluding carboxylic acids is 1. The smallest absolute Gasteiger partial charge is 0.338 e. The van der Waals surface area contributed by atoms with Crippen LogP contribution in [-0.2, 0) is 14.0 Å². The van der Waals surface area contributed by atoms with Gasteiger partial charge >= 0.3 is 5.97 Å². The third-order valence-corrected chi connectivity index (χ3v) is 10.0. The van der Waals surface area contributed by atoms with E-state index in [-0.39, 0.29) is 5.97 Å². The van der Waals surface area contributed by atoms with E-state index >= 15 is 0 Å². The Bertz CT molecular complexity index is 566. The van der Waals surface area contributed by atoms with Gasteiger partial charge in [0, 0.05) is 0 Å². The fourth-order valence-electron chi connectivity index (χ4n) is 3.98. The van der Waals surface area contributed by atoms with E-state index in [1.165, 1.54) is 18.4 Å². The summed E-state index contributed by atoms with van der Waals surface area (Å²) in [5, 5.41) is 0. The molecule has 0 saturated heterocycles. The number of rotatable bonds is 12. The summed E-state index contributed by atoms with van der Waals surface area (Å²) in [6, 6.07) is 7.59. The lowest BCUT2D eigenvalue weighted by atomic mass is 9.95. The molecule has 0 amide bonds. The SMILES string of the molecule is CCCC[Si](CC)(CCCC)OC(C(=O)OCC)c1c(C)cc(C)cc1C. The number of unbranched alkanes of at least 4 members (excludes halogenated alkanes) is 2. The molecular formula is C23H40O3Si. The van der Waals surface area contributed by atoms with Gasteiger partial charge in [-0.25, -0.2) is 4.79 Å². The highest BCUT2D eigenvalue weighted by atomic mass is 28.4. The summed E-state index contributed by atoms with van der Waals surface area (Å²) in [6.45, 7) is 15.2. The lowest BCUT2D eigenvalue weighted by molar-refractivity contribution is -0.152. The van der Waals surface area contributed by atoms with Crippen LogP contribution in [0.25, 0.3) is 0 Å². The Morgan fingerprint density at radius 3 is 1.89 bits per heavy atom. The van der Waals surface area contributed by atoms with Crippen molar-refractivity contribution in [3.8, 4) is 0 Å². The van der Waals surface area contributed by atoms with Crippen LogP contribution in [0.15, 0.2) is 12.1 Å². The molecule has 0 aromatic heterocycles. The molecule has 0 saturated carbocycles. The summed E-state index contributed by atoms with van der Waals surface area (Å²) < 4.78 is 12.3. The van der Waals surface area contributed by atoms with E-state index in [2.05, 4.69) is 53.7 Å². The van der Waals surface area contributed by atoms with Gasteiger partial charge in [0.2, 0.25) is 0 Å². The van der Waals surface area contributed by atoms with Crippen LogP contribution in [0, 0.1) is 20.8 Å². The van der Waals surface area contributed by atoms with Gasteiger partial charge in [-0.15, -0.1) is 0 Å². The molecule has 0 radical (unpaired) electrons. The van der Waals surface area contributed by atoms with E-state index in [9.17, 15) is 4.79 Å². The van der Waals surface area contributed by atoms with Crippen LogP contribution < -0.4 is 0 Å². The van der Waals surface area contributed by atoms with Crippen molar-refractivity contribution in [3.63, 3.8) is 0 Å². The van der Waals surface area contributed by atoms with Gasteiger partial charge in [-0.1, -0.05) is 64.2 Å². The molecule has 1 rings (SSSR count). The van der Waals surface area contributed by atoms with Gasteiger partial charge in [-0.05, 0) is 62.5 Å². The molecular weight excluding hydrogens is 352 g/mol. The molecule has 27 heavy (non-hydrogen) atoms. The fraction of sp³-hybridized carbons (Fsp3) is 0.696. The van der Waals surface area contributed by atoms with Crippen LogP contribution in [0.1, 0.15) is 81.7 Å². The zero-order valence-electron chi connectivity index (χ0n) is 18.6. The Morgan fingerprint density at radius 2 is 1.48 bits per heavy atom. The maximum absolute atomic E-state index is 12.9. The Labute approximate surface area is 168 Å². The van der Waals surface area contributed by atoms with Gasteiger partial charge in [0.25, 0.3) is 0 Å². The monoisotopic (exact) mass is 392 g/mol. The Hall–Kier alpha value is -1.13. The maximum Gasteiger partial charge on any atom is 0.338 e. The number of aryl methyl sites for hydroxylation is 3. The predicted molar refractivity (Wildman–Crippen MR) is 117 cm³/mol. The van der Waals surface area contributed by atoms with E-state index in [1.807, 2.05) is 6.92 Å². The number of benzene rings is 1. The second-order valence-corrected chi connectivity index (χ2v) is 12.1. The van der Waals surface area contributed by atoms with Crippen molar-refractivity contribution in [2.24, 2.45) is 0 Å². The number of hydrogen-bond acceptors (Lipinski definition) is 3. The second kappa shape index (κ2) is 11.7. The lowest BCUT2D eigenvalue weighted by Crippen LogP contribution is -2.41. The zero-order valence-corrected chi connectivity index (χ0v) is 19.6. The average Bonchev–Trinajstić information content (AvgIpc) is 2.62. The summed E-state index contributed by atoms with van der Waals surface area (Å²) in [5.41, 5.74) is 4.47. The molecule has 1 atom stereocenters. The molecule has 0 spiro atoms. The van der Waals surface area contributed by atoms with Gasteiger partial charge in [0.15, 0.2) is 14.4 Å². The standard InChI is InChI=1S/C23H40O3Si/c1-8-12-14-27(11-4,15-13-9-2)26-22(23(24)25-10-3)21-19(6)16-18(5)17-20(21)7/h16-17,22H,8-15H2,1-7H3. The number of esters is 1. The normalized spacial score (nSPS) is 12.9. The van der Waals surface area contributed by atoms with Crippen molar-refractivity contribution in [2.75, 3.05) is 6.61 Å². The topological polar surface area (TPSA) is 35.5 Å². The van der Waals surface area contributed by atoms with Crippen LogP contribution in [0.3, 0.4) is 0 Å². The van der Waals surface area contributed by atoms with E-state index in [0.717, 1.165) is 47.7 Å². The van der Waals surface area contributed by atoms with Crippen LogP contribution in [-0.4, -0.2) is 20.9 Å². The van der Waals surface area contributed by atoms with Crippen molar-refractivity contribution in [1.82, 2.24) is 0 Å². The highest BCUT2D eigenvalue weighted by Gasteiger charge is 2.39. The third-order valence-electron chi connectivity index (χ3n) is 5.48. The Kier molecular flexibility index (Phi) is 10.3. The first-order valence-corrected chi connectivity index (χ1v) is 13.3. The van der Waals surface area contributed by atoms with Crippen LogP contribution in [0.2, 0.25) is 18.1 Å². The fourth-order valence-corrected chi connectivity index (χ4v) is 8.04. The van der Waals surface area contributed by atoms with Gasteiger partial charge in [0.05, 0.1) is 6.61 Å². The Morgan fingerprint density at radius 1 is 0.963 bits per heavy atom. The number of ether oxygens (including phenoxy) is 1. The maximum atomic E-state index is 12.9. The van der Waals surface area contributed by atoms with E-state index in [4.69, 9.17) is 9.16 Å². The third kappa shape index (κ3) is 6.76. The summed E-state index contributed by atoms with van der Waals surface area (Å²) in [4.78, 5) is 12.9. The van der Waals surface area contributed by atoms with Crippen molar-refractivity contribution in [3.05, 3.63) is 34.4 Å². The molecule has 0 aliphatic rings. The molecule has 1 aromatic carbocycles.